The van der Waals surface area contributed by atoms with E-state index in [2.05, 4.69) is 24.9 Å². The summed E-state index contributed by atoms with van der Waals surface area (Å²) >= 11 is 0. The fourth-order valence-electron chi connectivity index (χ4n) is 3.08. The lowest BCUT2D eigenvalue weighted by Gasteiger charge is -2.35. The zero-order valence-electron chi connectivity index (χ0n) is 13.4. The molecule has 4 rings (SSSR count). The first-order valence-corrected chi connectivity index (χ1v) is 8.19. The van der Waals surface area contributed by atoms with Gasteiger partial charge in [-0.1, -0.05) is 0 Å². The van der Waals surface area contributed by atoms with Crippen molar-refractivity contribution in [1.82, 2.24) is 24.5 Å². The van der Waals surface area contributed by atoms with Gasteiger partial charge in [0.2, 0.25) is 11.8 Å². The quantitative estimate of drug-likeness (QED) is 0.778. The normalized spacial score (nSPS) is 18.9. The van der Waals surface area contributed by atoms with Crippen LogP contribution >= 0.6 is 0 Å². The Hall–Kier alpha value is -2.39. The number of ether oxygens (including phenoxy) is 1. The second-order valence-corrected chi connectivity index (χ2v) is 5.94. The smallest absolute Gasteiger partial charge is 0.225 e. The third kappa shape index (κ3) is 2.76. The van der Waals surface area contributed by atoms with Crippen molar-refractivity contribution in [3.8, 4) is 0 Å². The maximum Gasteiger partial charge on any atom is 0.225 e. The van der Waals surface area contributed by atoms with E-state index >= 15 is 0 Å². The molecule has 0 saturated carbocycles. The van der Waals surface area contributed by atoms with Crippen LogP contribution in [0.2, 0.25) is 0 Å². The van der Waals surface area contributed by atoms with Crippen molar-refractivity contribution in [2.75, 3.05) is 56.6 Å². The summed E-state index contributed by atoms with van der Waals surface area (Å²) in [6.07, 6.45) is 2.86. The SMILES string of the molecule is Nc1nc(N2CCN(CCO)CC2)cc2nc(C3=CCCO3)nn12. The first kappa shape index (κ1) is 15.2. The number of aliphatic hydroxyl groups is 1. The summed E-state index contributed by atoms with van der Waals surface area (Å²) in [5, 5.41) is 13.4. The van der Waals surface area contributed by atoms with Gasteiger partial charge in [0, 0.05) is 45.2 Å². The number of rotatable bonds is 4. The van der Waals surface area contributed by atoms with Crippen molar-refractivity contribution in [3.63, 3.8) is 0 Å². The lowest BCUT2D eigenvalue weighted by Crippen LogP contribution is -2.47. The first-order valence-electron chi connectivity index (χ1n) is 8.19. The minimum atomic E-state index is 0.192. The molecule has 2 aromatic heterocycles. The summed E-state index contributed by atoms with van der Waals surface area (Å²) in [5.41, 5.74) is 6.74. The van der Waals surface area contributed by atoms with Crippen LogP contribution < -0.4 is 10.6 Å². The van der Waals surface area contributed by atoms with Gasteiger partial charge < -0.3 is 20.5 Å². The second-order valence-electron chi connectivity index (χ2n) is 5.94. The predicted molar refractivity (Wildman–Crippen MR) is 89.5 cm³/mol. The van der Waals surface area contributed by atoms with Crippen molar-refractivity contribution < 1.29 is 9.84 Å². The molecule has 1 saturated heterocycles. The average molecular weight is 331 g/mol. The summed E-state index contributed by atoms with van der Waals surface area (Å²) in [6.45, 7) is 5.05. The number of nitrogens with zero attached hydrogens (tertiary/aromatic N) is 6. The lowest BCUT2D eigenvalue weighted by molar-refractivity contribution is 0.188. The molecule has 9 nitrogen and oxygen atoms in total. The molecule has 2 aromatic rings. The van der Waals surface area contributed by atoms with E-state index in [-0.39, 0.29) is 6.61 Å². The number of nitrogens with two attached hydrogens (primary N) is 1. The highest BCUT2D eigenvalue weighted by Crippen LogP contribution is 2.22. The number of hydrogen-bond donors (Lipinski definition) is 2. The number of fused-ring (bicyclic) bond motifs is 1. The van der Waals surface area contributed by atoms with Crippen molar-refractivity contribution in [2.24, 2.45) is 0 Å². The van der Waals surface area contributed by atoms with E-state index in [1.54, 1.807) is 4.52 Å². The molecule has 128 valence electrons. The molecule has 0 radical (unpaired) electrons. The van der Waals surface area contributed by atoms with Crippen LogP contribution in [0.15, 0.2) is 12.1 Å². The Morgan fingerprint density at radius 2 is 2.04 bits per heavy atom. The highest BCUT2D eigenvalue weighted by Gasteiger charge is 2.21. The molecule has 24 heavy (non-hydrogen) atoms. The molecule has 0 aromatic carbocycles. The second kappa shape index (κ2) is 6.25. The molecule has 0 unspecified atom stereocenters. The van der Waals surface area contributed by atoms with Gasteiger partial charge in [0.05, 0.1) is 13.2 Å². The van der Waals surface area contributed by atoms with Crippen LogP contribution in [0.25, 0.3) is 11.4 Å². The minimum Gasteiger partial charge on any atom is -0.490 e. The standard InChI is InChI=1S/C15H21N7O2/c16-15-18-12(21-5-3-20(4-6-21)7-8-23)10-13-17-14(19-22(13)15)11-2-1-9-24-11/h2,10,23H,1,3-9H2,(H2,16,18). The van der Waals surface area contributed by atoms with Crippen molar-refractivity contribution >= 4 is 23.2 Å². The van der Waals surface area contributed by atoms with Crippen LogP contribution in [-0.2, 0) is 4.74 Å². The van der Waals surface area contributed by atoms with E-state index in [0.717, 1.165) is 38.4 Å². The van der Waals surface area contributed by atoms with Crippen molar-refractivity contribution in [1.29, 1.82) is 0 Å². The van der Waals surface area contributed by atoms with E-state index < -0.39 is 0 Å². The van der Waals surface area contributed by atoms with Crippen LogP contribution in [0.1, 0.15) is 12.2 Å². The van der Waals surface area contributed by atoms with E-state index in [4.69, 9.17) is 15.6 Å². The molecule has 0 atom stereocenters. The Morgan fingerprint density at radius 1 is 1.21 bits per heavy atom. The highest BCUT2D eigenvalue weighted by molar-refractivity contribution is 5.61. The minimum absolute atomic E-state index is 0.192. The zero-order valence-corrected chi connectivity index (χ0v) is 13.4. The number of aromatic nitrogens is 4. The number of β-amino-alcohol motifs (C(OH)–C–C–N with tert-alkyl or cyclic N) is 1. The summed E-state index contributed by atoms with van der Waals surface area (Å²) in [6, 6.07) is 1.91. The highest BCUT2D eigenvalue weighted by atomic mass is 16.5. The molecular weight excluding hydrogens is 310 g/mol. The molecule has 2 aliphatic heterocycles. The number of hydrogen-bond acceptors (Lipinski definition) is 8. The summed E-state index contributed by atoms with van der Waals surface area (Å²) in [7, 11) is 0. The molecular formula is C15H21N7O2. The average Bonchev–Trinajstić information content (AvgIpc) is 3.25. The molecule has 2 aliphatic rings. The molecule has 9 heteroatoms. The maximum atomic E-state index is 9.03. The molecule has 0 spiro atoms. The molecule has 1 fully saturated rings. The van der Waals surface area contributed by atoms with E-state index in [1.165, 1.54) is 0 Å². The number of nitrogen functional groups attached to an aromatic ring is 1. The third-order valence-electron chi connectivity index (χ3n) is 4.37. The van der Waals surface area contributed by atoms with Gasteiger partial charge in [-0.3, -0.25) is 4.90 Å². The van der Waals surface area contributed by atoms with Crippen LogP contribution in [0, 0.1) is 0 Å². The van der Waals surface area contributed by atoms with Gasteiger partial charge in [-0.15, -0.1) is 5.10 Å². The Morgan fingerprint density at radius 3 is 2.75 bits per heavy atom. The van der Waals surface area contributed by atoms with Gasteiger partial charge in [0.25, 0.3) is 0 Å². The topological polar surface area (TPSA) is 105 Å². The fraction of sp³-hybridized carbons (Fsp3) is 0.533. The first-order chi connectivity index (χ1) is 11.7. The zero-order chi connectivity index (χ0) is 16.5. The Balaban J connectivity index is 1.58. The molecule has 0 aliphatic carbocycles. The van der Waals surface area contributed by atoms with Gasteiger partial charge in [-0.25, -0.2) is 4.98 Å². The molecule has 0 amide bonds. The van der Waals surface area contributed by atoms with Gasteiger partial charge in [-0.2, -0.15) is 9.50 Å². The molecule has 3 N–H and O–H groups in total. The largest absolute Gasteiger partial charge is 0.490 e. The predicted octanol–water partition coefficient (Wildman–Crippen LogP) is -0.418. The monoisotopic (exact) mass is 331 g/mol. The van der Waals surface area contributed by atoms with Gasteiger partial charge in [0.15, 0.2) is 11.4 Å². The van der Waals surface area contributed by atoms with Crippen molar-refractivity contribution in [3.05, 3.63) is 18.0 Å². The van der Waals surface area contributed by atoms with Crippen LogP contribution in [0.5, 0.6) is 0 Å². The summed E-state index contributed by atoms with van der Waals surface area (Å²) in [5.74, 6) is 2.38. The molecule has 0 bridgehead atoms. The summed E-state index contributed by atoms with van der Waals surface area (Å²) < 4.78 is 7.06. The number of aliphatic hydroxyl groups excluding tert-OH is 1. The lowest BCUT2D eigenvalue weighted by atomic mass is 10.3. The Kier molecular flexibility index (Phi) is 3.95. The fourth-order valence-corrected chi connectivity index (χ4v) is 3.08. The van der Waals surface area contributed by atoms with Crippen molar-refractivity contribution in [2.45, 2.75) is 6.42 Å². The van der Waals surface area contributed by atoms with Crippen LogP contribution in [0.4, 0.5) is 11.8 Å². The Bertz CT molecular complexity index is 765. The maximum absolute atomic E-state index is 9.03. The number of piperazine rings is 1. The van der Waals surface area contributed by atoms with Crippen LogP contribution in [0.3, 0.4) is 0 Å². The van der Waals surface area contributed by atoms with Gasteiger partial charge in [0.1, 0.15) is 5.82 Å². The van der Waals surface area contributed by atoms with Gasteiger partial charge in [-0.05, 0) is 6.08 Å². The van der Waals surface area contributed by atoms with E-state index in [1.807, 2.05) is 12.1 Å². The summed E-state index contributed by atoms with van der Waals surface area (Å²) in [4.78, 5) is 13.4. The van der Waals surface area contributed by atoms with Crippen LogP contribution in [-0.4, -0.2) is 75.5 Å². The molecule has 4 heterocycles. The Labute approximate surface area is 139 Å². The van der Waals surface area contributed by atoms with E-state index in [0.29, 0.717) is 36.3 Å². The number of anilines is 2. The van der Waals surface area contributed by atoms with E-state index in [9.17, 15) is 0 Å². The van der Waals surface area contributed by atoms with Gasteiger partial charge >= 0.3 is 0 Å². The third-order valence-corrected chi connectivity index (χ3v) is 4.37.